The number of halogens is 2. The molecular formula is C9H10Cl2N4. The Labute approximate surface area is 97.0 Å². The molecule has 4 nitrogen and oxygen atoms in total. The van der Waals surface area contributed by atoms with Gasteiger partial charge in [0.05, 0.1) is 11.4 Å². The molecule has 2 aromatic heterocycles. The van der Waals surface area contributed by atoms with E-state index in [1.165, 1.54) is 0 Å². The molecule has 0 aliphatic carbocycles. The van der Waals surface area contributed by atoms with Crippen LogP contribution in [-0.4, -0.2) is 21.3 Å². The van der Waals surface area contributed by atoms with Crippen molar-refractivity contribution in [1.29, 1.82) is 0 Å². The molecule has 0 saturated carbocycles. The second-order valence-corrected chi connectivity index (χ2v) is 3.80. The Hall–Kier alpha value is -0.840. The quantitative estimate of drug-likeness (QED) is 0.838. The second kappa shape index (κ2) is 4.35. The van der Waals surface area contributed by atoms with E-state index in [1.54, 1.807) is 6.07 Å². The van der Waals surface area contributed by atoms with Crippen molar-refractivity contribution in [1.82, 2.24) is 14.8 Å². The molecule has 0 fully saturated rings. The predicted molar refractivity (Wildman–Crippen MR) is 61.1 cm³/mol. The molecule has 0 bridgehead atoms. The van der Waals surface area contributed by atoms with Gasteiger partial charge in [0.2, 0.25) is 0 Å². The zero-order chi connectivity index (χ0) is 10.8. The number of nitrogens with zero attached hydrogens (tertiary/aromatic N) is 3. The Balaban J connectivity index is 2.65. The van der Waals surface area contributed by atoms with Crippen LogP contribution in [0.3, 0.4) is 0 Å². The summed E-state index contributed by atoms with van der Waals surface area (Å²) in [5, 5.41) is 8.15. The van der Waals surface area contributed by atoms with Crippen molar-refractivity contribution >= 4 is 34.2 Å². The van der Waals surface area contributed by atoms with Crippen LogP contribution in [0, 0.1) is 0 Å². The summed E-state index contributed by atoms with van der Waals surface area (Å²) < 4.78 is 2.02. The lowest BCUT2D eigenvalue weighted by Gasteiger charge is -2.06. The molecule has 15 heavy (non-hydrogen) atoms. The Morgan fingerprint density at radius 1 is 1.33 bits per heavy atom. The first-order chi connectivity index (χ1) is 7.26. The first-order valence-electron chi connectivity index (χ1n) is 4.53. The fourth-order valence-corrected chi connectivity index (χ4v) is 1.94. The molecule has 0 radical (unpaired) electrons. The molecule has 6 heteroatoms. The van der Waals surface area contributed by atoms with E-state index in [9.17, 15) is 0 Å². The maximum atomic E-state index is 5.84. The van der Waals surface area contributed by atoms with Gasteiger partial charge in [-0.3, -0.25) is 0 Å². The number of alkyl halides is 1. The summed E-state index contributed by atoms with van der Waals surface area (Å²) >= 11 is 11.6. The molecule has 0 aromatic carbocycles. The summed E-state index contributed by atoms with van der Waals surface area (Å²) in [6, 6.07) is 3.68. The molecule has 80 valence electrons. The number of hydrogen-bond donors (Lipinski definition) is 1. The highest BCUT2D eigenvalue weighted by molar-refractivity contribution is 6.29. The van der Waals surface area contributed by atoms with Crippen molar-refractivity contribution < 1.29 is 0 Å². The molecule has 0 atom stereocenters. The largest absolute Gasteiger partial charge is 0.341 e. The molecule has 0 aliphatic heterocycles. The van der Waals surface area contributed by atoms with Crippen molar-refractivity contribution in [2.24, 2.45) is 5.73 Å². The van der Waals surface area contributed by atoms with Gasteiger partial charge in [0, 0.05) is 24.8 Å². The summed E-state index contributed by atoms with van der Waals surface area (Å²) in [5.41, 5.74) is 8.24. The predicted octanol–water partition coefficient (Wildman–Crippen LogP) is 1.78. The van der Waals surface area contributed by atoms with Gasteiger partial charge in [0.25, 0.3) is 0 Å². The molecule has 0 amide bonds. The Morgan fingerprint density at radius 3 is 2.80 bits per heavy atom. The van der Waals surface area contributed by atoms with E-state index in [-0.39, 0.29) is 0 Å². The smallest absolute Gasteiger partial charge is 0.153 e. The fraction of sp³-hybridized carbons (Fsp3) is 0.333. The van der Waals surface area contributed by atoms with Crippen LogP contribution >= 0.6 is 23.2 Å². The van der Waals surface area contributed by atoms with E-state index in [0.717, 1.165) is 16.7 Å². The third kappa shape index (κ3) is 1.93. The first kappa shape index (κ1) is 10.7. The number of hydrogen-bond acceptors (Lipinski definition) is 3. The molecular weight excluding hydrogens is 235 g/mol. The molecule has 0 saturated heterocycles. The second-order valence-electron chi connectivity index (χ2n) is 3.15. The third-order valence-corrected chi connectivity index (χ3v) is 2.66. The molecule has 2 N–H and O–H groups in total. The highest BCUT2D eigenvalue weighted by Crippen LogP contribution is 2.20. The summed E-state index contributed by atoms with van der Waals surface area (Å²) in [4.78, 5) is 0. The summed E-state index contributed by atoms with van der Waals surface area (Å²) in [6.07, 6.45) is 0. The van der Waals surface area contributed by atoms with Crippen LogP contribution in [0.5, 0.6) is 0 Å². The van der Waals surface area contributed by atoms with Gasteiger partial charge in [-0.1, -0.05) is 11.6 Å². The van der Waals surface area contributed by atoms with E-state index in [2.05, 4.69) is 10.2 Å². The maximum absolute atomic E-state index is 5.84. The monoisotopic (exact) mass is 244 g/mol. The molecule has 0 aliphatic rings. The lowest BCUT2D eigenvalue weighted by atomic mass is 10.4. The van der Waals surface area contributed by atoms with Crippen LogP contribution in [0.25, 0.3) is 11.0 Å². The van der Waals surface area contributed by atoms with Crippen molar-refractivity contribution in [3.8, 4) is 0 Å². The molecule has 2 aromatic rings. The summed E-state index contributed by atoms with van der Waals surface area (Å²) in [6.45, 7) is 1.25. The van der Waals surface area contributed by atoms with E-state index in [1.807, 2.05) is 10.6 Å². The van der Waals surface area contributed by atoms with Gasteiger partial charge in [0.15, 0.2) is 5.15 Å². The lowest BCUT2D eigenvalue weighted by Crippen LogP contribution is -2.11. The Morgan fingerprint density at radius 2 is 2.13 bits per heavy atom. The average Bonchev–Trinajstić information content (AvgIpc) is 2.57. The number of fused-ring (bicyclic) bond motifs is 1. The standard InChI is InChI=1S/C9H10Cl2N4/c10-5-6-3-7-8(15(6)2-1-12)4-9(11)14-13-7/h3-4H,1-2,5,12H2. The first-order valence-corrected chi connectivity index (χ1v) is 5.45. The number of nitrogens with two attached hydrogens (primary N) is 1. The molecule has 0 spiro atoms. The van der Waals surface area contributed by atoms with Crippen LogP contribution in [0.4, 0.5) is 0 Å². The normalized spacial score (nSPS) is 11.1. The van der Waals surface area contributed by atoms with Crippen molar-refractivity contribution in [2.75, 3.05) is 6.54 Å². The highest BCUT2D eigenvalue weighted by atomic mass is 35.5. The van der Waals surface area contributed by atoms with Crippen molar-refractivity contribution in [3.63, 3.8) is 0 Å². The van der Waals surface area contributed by atoms with E-state index < -0.39 is 0 Å². The molecule has 0 unspecified atom stereocenters. The van der Waals surface area contributed by atoms with E-state index >= 15 is 0 Å². The zero-order valence-corrected chi connectivity index (χ0v) is 9.46. The van der Waals surface area contributed by atoms with Crippen LogP contribution in [-0.2, 0) is 12.4 Å². The summed E-state index contributed by atoms with van der Waals surface area (Å²) in [7, 11) is 0. The van der Waals surface area contributed by atoms with Crippen LogP contribution in [0.15, 0.2) is 12.1 Å². The Kier molecular flexibility index (Phi) is 3.09. The number of aromatic nitrogens is 3. The number of rotatable bonds is 3. The van der Waals surface area contributed by atoms with Gasteiger partial charge in [-0.15, -0.1) is 21.8 Å². The zero-order valence-electron chi connectivity index (χ0n) is 7.95. The van der Waals surface area contributed by atoms with Crippen LogP contribution in [0.2, 0.25) is 5.15 Å². The van der Waals surface area contributed by atoms with Gasteiger partial charge < -0.3 is 10.3 Å². The Bertz CT molecular complexity index is 480. The summed E-state index contributed by atoms with van der Waals surface area (Å²) in [5.74, 6) is 0.425. The average molecular weight is 245 g/mol. The third-order valence-electron chi connectivity index (χ3n) is 2.20. The minimum atomic E-state index is 0.375. The fourth-order valence-electron chi connectivity index (χ4n) is 1.58. The topological polar surface area (TPSA) is 56.7 Å². The van der Waals surface area contributed by atoms with Gasteiger partial charge in [-0.2, -0.15) is 0 Å². The highest BCUT2D eigenvalue weighted by Gasteiger charge is 2.09. The SMILES string of the molecule is NCCn1c(CCl)cc2nnc(Cl)cc21. The van der Waals surface area contributed by atoms with Gasteiger partial charge in [0.1, 0.15) is 5.52 Å². The van der Waals surface area contributed by atoms with E-state index in [0.29, 0.717) is 24.1 Å². The minimum absolute atomic E-state index is 0.375. The van der Waals surface area contributed by atoms with Gasteiger partial charge in [-0.05, 0) is 6.07 Å². The van der Waals surface area contributed by atoms with Gasteiger partial charge in [-0.25, -0.2) is 0 Å². The van der Waals surface area contributed by atoms with E-state index in [4.69, 9.17) is 28.9 Å². The molecule has 2 heterocycles. The lowest BCUT2D eigenvalue weighted by molar-refractivity contribution is 0.711. The minimum Gasteiger partial charge on any atom is -0.341 e. The maximum Gasteiger partial charge on any atom is 0.153 e. The van der Waals surface area contributed by atoms with Crippen molar-refractivity contribution in [2.45, 2.75) is 12.4 Å². The molecule has 2 rings (SSSR count). The van der Waals surface area contributed by atoms with Crippen LogP contribution < -0.4 is 5.73 Å². The van der Waals surface area contributed by atoms with Gasteiger partial charge >= 0.3 is 0 Å². The van der Waals surface area contributed by atoms with Crippen molar-refractivity contribution in [3.05, 3.63) is 23.0 Å². The van der Waals surface area contributed by atoms with Crippen LogP contribution in [0.1, 0.15) is 5.69 Å².